The van der Waals surface area contributed by atoms with Crippen LogP contribution in [-0.2, 0) is 21.7 Å². The van der Waals surface area contributed by atoms with Gasteiger partial charge in [0.2, 0.25) is 0 Å². The fourth-order valence-corrected chi connectivity index (χ4v) is 2.76. The zero-order valence-corrected chi connectivity index (χ0v) is 13.5. The summed E-state index contributed by atoms with van der Waals surface area (Å²) in [4.78, 5) is -0.121. The van der Waals surface area contributed by atoms with Crippen molar-refractivity contribution in [3.8, 4) is 0 Å². The van der Waals surface area contributed by atoms with Crippen molar-refractivity contribution < 1.29 is 21.6 Å². The van der Waals surface area contributed by atoms with Gasteiger partial charge >= 0.3 is 6.18 Å². The highest BCUT2D eigenvalue weighted by molar-refractivity contribution is 7.92. The third kappa shape index (κ3) is 4.04. The van der Waals surface area contributed by atoms with Gasteiger partial charge in [0.05, 0.1) is 17.3 Å². The molecule has 0 aliphatic rings. The highest BCUT2D eigenvalue weighted by Crippen LogP contribution is 2.31. The van der Waals surface area contributed by atoms with Crippen molar-refractivity contribution in [2.45, 2.75) is 37.4 Å². The van der Waals surface area contributed by atoms with Crippen molar-refractivity contribution in [1.82, 2.24) is 9.78 Å². The Morgan fingerprint density at radius 1 is 1.17 bits per heavy atom. The maximum atomic E-state index is 12.7. The van der Waals surface area contributed by atoms with Crippen LogP contribution in [0.4, 0.5) is 18.9 Å². The highest BCUT2D eigenvalue weighted by atomic mass is 32.2. The lowest BCUT2D eigenvalue weighted by atomic mass is 10.1. The molecule has 1 aromatic heterocycles. The van der Waals surface area contributed by atoms with Crippen LogP contribution < -0.4 is 4.72 Å². The fourth-order valence-electron chi connectivity index (χ4n) is 1.79. The SMILES string of the molecule is CC(C)(C)n1cc(S(=O)(=O)Nc2cccc(C(F)(F)F)c2)cn1. The van der Waals surface area contributed by atoms with E-state index in [1.54, 1.807) is 0 Å². The minimum Gasteiger partial charge on any atom is -0.280 e. The summed E-state index contributed by atoms with van der Waals surface area (Å²) >= 11 is 0. The van der Waals surface area contributed by atoms with Gasteiger partial charge in [-0.2, -0.15) is 18.3 Å². The van der Waals surface area contributed by atoms with Crippen LogP contribution in [0.3, 0.4) is 0 Å². The quantitative estimate of drug-likeness (QED) is 0.925. The number of alkyl halides is 3. The molecule has 0 unspecified atom stereocenters. The van der Waals surface area contributed by atoms with Crippen LogP contribution in [0, 0.1) is 0 Å². The molecule has 0 aliphatic heterocycles. The number of hydrogen-bond donors (Lipinski definition) is 1. The molecule has 1 aromatic carbocycles. The normalized spacial score (nSPS) is 13.1. The third-order valence-electron chi connectivity index (χ3n) is 3.00. The average Bonchev–Trinajstić information content (AvgIpc) is 2.87. The minimum atomic E-state index is -4.54. The summed E-state index contributed by atoms with van der Waals surface area (Å²) in [6.07, 6.45) is -2.06. The van der Waals surface area contributed by atoms with Gasteiger partial charge in [0, 0.05) is 11.9 Å². The number of hydrogen-bond acceptors (Lipinski definition) is 3. The summed E-state index contributed by atoms with van der Waals surface area (Å²) in [6.45, 7) is 5.53. The van der Waals surface area contributed by atoms with Crippen LogP contribution in [0.5, 0.6) is 0 Å². The van der Waals surface area contributed by atoms with E-state index < -0.39 is 27.3 Å². The first-order valence-corrected chi connectivity index (χ1v) is 8.13. The standard InChI is InChI=1S/C14H16F3N3O2S/c1-13(2,3)20-9-12(8-18-20)23(21,22)19-11-6-4-5-10(7-11)14(15,16)17/h4-9,19H,1-3H3. The Hall–Kier alpha value is -2.03. The lowest BCUT2D eigenvalue weighted by molar-refractivity contribution is -0.137. The van der Waals surface area contributed by atoms with Crippen LogP contribution >= 0.6 is 0 Å². The summed E-state index contributed by atoms with van der Waals surface area (Å²) in [5, 5.41) is 3.97. The number of nitrogens with zero attached hydrogens (tertiary/aromatic N) is 2. The smallest absolute Gasteiger partial charge is 0.280 e. The monoisotopic (exact) mass is 347 g/mol. The van der Waals surface area contributed by atoms with E-state index in [9.17, 15) is 21.6 Å². The highest BCUT2D eigenvalue weighted by Gasteiger charge is 2.31. The molecule has 23 heavy (non-hydrogen) atoms. The third-order valence-corrected chi connectivity index (χ3v) is 4.33. The second kappa shape index (κ2) is 5.55. The molecule has 1 heterocycles. The number of anilines is 1. The Bertz CT molecular complexity index is 805. The van der Waals surface area contributed by atoms with E-state index in [-0.39, 0.29) is 10.6 Å². The van der Waals surface area contributed by atoms with E-state index >= 15 is 0 Å². The first-order chi connectivity index (χ1) is 10.4. The Morgan fingerprint density at radius 2 is 1.83 bits per heavy atom. The van der Waals surface area contributed by atoms with Crippen molar-refractivity contribution in [3.63, 3.8) is 0 Å². The van der Waals surface area contributed by atoms with Crippen LogP contribution in [0.25, 0.3) is 0 Å². The molecular weight excluding hydrogens is 331 g/mol. The van der Waals surface area contributed by atoms with Crippen LogP contribution in [0.15, 0.2) is 41.6 Å². The van der Waals surface area contributed by atoms with Crippen molar-refractivity contribution in [3.05, 3.63) is 42.2 Å². The van der Waals surface area contributed by atoms with E-state index in [2.05, 4.69) is 9.82 Å². The summed E-state index contributed by atoms with van der Waals surface area (Å²) in [5.74, 6) is 0. The first-order valence-electron chi connectivity index (χ1n) is 6.65. The summed E-state index contributed by atoms with van der Waals surface area (Å²) < 4.78 is 66.1. The van der Waals surface area contributed by atoms with E-state index in [1.165, 1.54) is 16.9 Å². The van der Waals surface area contributed by atoms with Gasteiger partial charge < -0.3 is 0 Å². The van der Waals surface area contributed by atoms with E-state index in [1.807, 2.05) is 20.8 Å². The molecule has 126 valence electrons. The number of sulfonamides is 1. The van der Waals surface area contributed by atoms with Crippen LogP contribution in [0.2, 0.25) is 0 Å². The molecule has 0 amide bonds. The van der Waals surface area contributed by atoms with Gasteiger partial charge in [0.15, 0.2) is 0 Å². The summed E-state index contributed by atoms with van der Waals surface area (Å²) in [7, 11) is -4.02. The molecule has 5 nitrogen and oxygen atoms in total. The number of nitrogens with one attached hydrogen (secondary N) is 1. The largest absolute Gasteiger partial charge is 0.416 e. The predicted molar refractivity (Wildman–Crippen MR) is 79.5 cm³/mol. The lowest BCUT2D eigenvalue weighted by Gasteiger charge is -2.18. The molecule has 0 aliphatic carbocycles. The predicted octanol–water partition coefficient (Wildman–Crippen LogP) is 3.46. The molecule has 0 radical (unpaired) electrons. The number of benzene rings is 1. The maximum absolute atomic E-state index is 12.7. The second-order valence-corrected chi connectivity index (χ2v) is 7.66. The van der Waals surface area contributed by atoms with Crippen molar-refractivity contribution in [2.75, 3.05) is 4.72 Å². The van der Waals surface area contributed by atoms with Crippen LogP contribution in [0.1, 0.15) is 26.3 Å². The van der Waals surface area contributed by atoms with Gasteiger partial charge in [-0.1, -0.05) is 6.07 Å². The number of rotatable bonds is 3. The van der Waals surface area contributed by atoms with Crippen LogP contribution in [-0.4, -0.2) is 18.2 Å². The molecular formula is C14H16F3N3O2S. The molecule has 0 atom stereocenters. The zero-order chi connectivity index (χ0) is 17.5. The van der Waals surface area contributed by atoms with E-state index in [4.69, 9.17) is 0 Å². The fraction of sp³-hybridized carbons (Fsp3) is 0.357. The van der Waals surface area contributed by atoms with Crippen molar-refractivity contribution in [1.29, 1.82) is 0 Å². The van der Waals surface area contributed by atoms with E-state index in [0.29, 0.717) is 0 Å². The molecule has 0 saturated carbocycles. The van der Waals surface area contributed by atoms with Gasteiger partial charge in [-0.3, -0.25) is 9.40 Å². The van der Waals surface area contributed by atoms with Gasteiger partial charge in [0.25, 0.3) is 10.0 Å². The number of aromatic nitrogens is 2. The molecule has 0 spiro atoms. The number of halogens is 3. The minimum absolute atomic E-state index is 0.121. The molecule has 0 bridgehead atoms. The molecule has 0 saturated heterocycles. The Morgan fingerprint density at radius 3 is 2.35 bits per heavy atom. The molecule has 9 heteroatoms. The van der Waals surface area contributed by atoms with Crippen molar-refractivity contribution in [2.24, 2.45) is 0 Å². The maximum Gasteiger partial charge on any atom is 0.416 e. The molecule has 2 rings (SSSR count). The Balaban J connectivity index is 2.30. The van der Waals surface area contributed by atoms with Gasteiger partial charge in [-0.25, -0.2) is 8.42 Å². The lowest BCUT2D eigenvalue weighted by Crippen LogP contribution is -2.22. The Kier molecular flexibility index (Phi) is 4.18. The Labute approximate surface area is 132 Å². The van der Waals surface area contributed by atoms with Gasteiger partial charge in [0.1, 0.15) is 4.90 Å². The van der Waals surface area contributed by atoms with E-state index in [0.717, 1.165) is 24.4 Å². The molecule has 1 N–H and O–H groups in total. The summed E-state index contributed by atoms with van der Waals surface area (Å²) in [6, 6.07) is 4.00. The molecule has 0 fully saturated rings. The topological polar surface area (TPSA) is 64.0 Å². The average molecular weight is 347 g/mol. The zero-order valence-electron chi connectivity index (χ0n) is 12.7. The van der Waals surface area contributed by atoms with Gasteiger partial charge in [-0.15, -0.1) is 0 Å². The summed E-state index contributed by atoms with van der Waals surface area (Å²) in [5.41, 5.74) is -1.50. The van der Waals surface area contributed by atoms with Crippen molar-refractivity contribution >= 4 is 15.7 Å². The van der Waals surface area contributed by atoms with Gasteiger partial charge in [-0.05, 0) is 39.0 Å². The second-order valence-electron chi connectivity index (χ2n) is 5.98. The first kappa shape index (κ1) is 17.3. The molecule has 2 aromatic rings.